The monoisotopic (exact) mass is 430 g/mol. The van der Waals surface area contributed by atoms with E-state index in [2.05, 4.69) is 17.2 Å². The number of likely N-dealkylation sites (tertiary alicyclic amines) is 1. The zero-order valence-corrected chi connectivity index (χ0v) is 18.1. The average molecular weight is 431 g/mol. The third-order valence-corrected chi connectivity index (χ3v) is 6.23. The maximum atomic E-state index is 13.2. The van der Waals surface area contributed by atoms with Crippen LogP contribution in [0.1, 0.15) is 71.3 Å². The molecule has 2 aliphatic rings. The largest absolute Gasteiger partial charge is 0.373 e. The number of hydrogen-bond donors (Lipinski definition) is 1. The highest BCUT2D eigenvalue weighted by atomic mass is 35.5. The van der Waals surface area contributed by atoms with E-state index < -0.39 is 0 Å². The fourth-order valence-corrected chi connectivity index (χ4v) is 4.54. The minimum atomic E-state index is -0.221. The third-order valence-electron chi connectivity index (χ3n) is 6.03. The summed E-state index contributed by atoms with van der Waals surface area (Å²) >= 11 is 6.07. The maximum Gasteiger partial charge on any atom is 0.270 e. The number of pyridine rings is 1. The zero-order valence-electron chi connectivity index (χ0n) is 17.4. The van der Waals surface area contributed by atoms with Crippen molar-refractivity contribution in [1.29, 1.82) is 0 Å². The molecule has 8 heteroatoms. The van der Waals surface area contributed by atoms with Gasteiger partial charge in [0.15, 0.2) is 0 Å². The predicted octanol–water partition coefficient (Wildman–Crippen LogP) is 3.57. The summed E-state index contributed by atoms with van der Waals surface area (Å²) in [5, 5.41) is 3.61. The Labute approximate surface area is 181 Å². The lowest BCUT2D eigenvalue weighted by Crippen LogP contribution is -2.35. The topological polar surface area (TPSA) is 76.5 Å². The number of rotatable bonds is 5. The van der Waals surface area contributed by atoms with Gasteiger partial charge in [0.25, 0.3) is 11.8 Å². The van der Waals surface area contributed by atoms with E-state index in [1.165, 1.54) is 0 Å². The van der Waals surface area contributed by atoms with Crippen LogP contribution in [-0.4, -0.2) is 45.5 Å². The molecule has 30 heavy (non-hydrogen) atoms. The van der Waals surface area contributed by atoms with E-state index in [-0.39, 0.29) is 23.9 Å². The molecule has 1 N–H and O–H groups in total. The summed E-state index contributed by atoms with van der Waals surface area (Å²) in [4.78, 5) is 32.5. The average Bonchev–Trinajstić information content (AvgIpc) is 3.35. The smallest absolute Gasteiger partial charge is 0.270 e. The highest BCUT2D eigenvalue weighted by Gasteiger charge is 2.32. The molecule has 0 saturated carbocycles. The third kappa shape index (κ3) is 3.96. The number of nitrogens with zero attached hydrogens (tertiary/aromatic N) is 3. The number of fused-ring (bicyclic) bond motifs is 1. The van der Waals surface area contributed by atoms with Crippen molar-refractivity contribution < 1.29 is 14.3 Å². The minimum absolute atomic E-state index is 0.00622. The van der Waals surface area contributed by atoms with Crippen LogP contribution in [0.15, 0.2) is 24.5 Å². The van der Waals surface area contributed by atoms with Crippen LogP contribution in [-0.2, 0) is 17.9 Å². The van der Waals surface area contributed by atoms with Gasteiger partial charge in [0.1, 0.15) is 5.69 Å². The second kappa shape index (κ2) is 8.78. The first-order valence-corrected chi connectivity index (χ1v) is 10.9. The van der Waals surface area contributed by atoms with Gasteiger partial charge >= 0.3 is 0 Å². The van der Waals surface area contributed by atoms with Crippen molar-refractivity contribution in [3.8, 4) is 0 Å². The SMILES string of the molecule is CCC(NC(=O)c1cc(C(=O)N2CCCC2C)n2c1COCC2)c1cncc(Cl)c1. The lowest BCUT2D eigenvalue weighted by atomic mass is 10.1. The van der Waals surface area contributed by atoms with Crippen molar-refractivity contribution in [2.75, 3.05) is 13.2 Å². The number of nitrogens with one attached hydrogen (secondary N) is 1. The molecule has 2 aliphatic heterocycles. The number of ether oxygens (including phenoxy) is 1. The van der Waals surface area contributed by atoms with Gasteiger partial charge in [-0.1, -0.05) is 18.5 Å². The second-order valence-electron chi connectivity index (χ2n) is 7.95. The molecule has 1 saturated heterocycles. The quantitative estimate of drug-likeness (QED) is 0.786. The van der Waals surface area contributed by atoms with Gasteiger partial charge in [0, 0.05) is 31.5 Å². The number of halogens is 1. The standard InChI is InChI=1S/C22H27ClN4O3/c1-3-18(15-9-16(23)12-24-11-15)25-21(28)17-10-19(27-7-8-30-13-20(17)27)22(29)26-6-4-5-14(26)2/h9-12,14,18H,3-8,13H2,1-2H3,(H,25,28). The van der Waals surface area contributed by atoms with E-state index in [1.54, 1.807) is 18.5 Å². The Morgan fingerprint density at radius 1 is 1.33 bits per heavy atom. The molecule has 160 valence electrons. The van der Waals surface area contributed by atoms with E-state index in [9.17, 15) is 9.59 Å². The Morgan fingerprint density at radius 3 is 2.87 bits per heavy atom. The number of aromatic nitrogens is 2. The molecule has 4 heterocycles. The molecule has 2 aromatic rings. The van der Waals surface area contributed by atoms with Gasteiger partial charge in [-0.2, -0.15) is 0 Å². The number of carbonyl (C=O) groups is 2. The molecule has 0 aliphatic carbocycles. The molecule has 7 nitrogen and oxygen atoms in total. The van der Waals surface area contributed by atoms with Crippen LogP contribution >= 0.6 is 11.6 Å². The van der Waals surface area contributed by atoms with Gasteiger partial charge < -0.3 is 19.5 Å². The van der Waals surface area contributed by atoms with E-state index in [0.717, 1.165) is 30.6 Å². The molecular weight excluding hydrogens is 404 g/mol. The van der Waals surface area contributed by atoms with Gasteiger partial charge in [-0.25, -0.2) is 0 Å². The highest BCUT2D eigenvalue weighted by molar-refractivity contribution is 6.30. The fraction of sp³-hybridized carbons (Fsp3) is 0.500. The van der Waals surface area contributed by atoms with Crippen molar-refractivity contribution in [1.82, 2.24) is 19.8 Å². The first-order chi connectivity index (χ1) is 14.5. The van der Waals surface area contributed by atoms with Gasteiger partial charge in [-0.05, 0) is 43.9 Å². The van der Waals surface area contributed by atoms with Crippen LogP contribution in [0.25, 0.3) is 0 Å². The summed E-state index contributed by atoms with van der Waals surface area (Å²) in [7, 11) is 0. The molecule has 0 radical (unpaired) electrons. The van der Waals surface area contributed by atoms with Crippen LogP contribution in [0.2, 0.25) is 5.02 Å². The summed E-state index contributed by atoms with van der Waals surface area (Å²) < 4.78 is 7.56. The summed E-state index contributed by atoms with van der Waals surface area (Å²) in [6, 6.07) is 3.54. The maximum absolute atomic E-state index is 13.2. The lowest BCUT2D eigenvalue weighted by Gasteiger charge is -2.24. The predicted molar refractivity (Wildman–Crippen MR) is 114 cm³/mol. The van der Waals surface area contributed by atoms with Gasteiger partial charge in [0.05, 0.1) is 35.5 Å². The second-order valence-corrected chi connectivity index (χ2v) is 8.39. The van der Waals surface area contributed by atoms with E-state index in [0.29, 0.717) is 42.5 Å². The summed E-state index contributed by atoms with van der Waals surface area (Å²) in [5.41, 5.74) is 2.68. The molecule has 2 aromatic heterocycles. The molecule has 0 aromatic carbocycles. The van der Waals surface area contributed by atoms with Crippen LogP contribution in [0.5, 0.6) is 0 Å². The Morgan fingerprint density at radius 2 is 2.17 bits per heavy atom. The number of carbonyl (C=O) groups excluding carboxylic acids is 2. The summed E-state index contributed by atoms with van der Waals surface area (Å²) in [6.07, 6.45) is 6.00. The number of hydrogen-bond acceptors (Lipinski definition) is 4. The van der Waals surface area contributed by atoms with Gasteiger partial charge in [-0.3, -0.25) is 14.6 Å². The number of amides is 2. The molecule has 2 unspecified atom stereocenters. The molecule has 1 fully saturated rings. The van der Waals surface area contributed by atoms with Gasteiger partial charge in [0.2, 0.25) is 0 Å². The normalized spacial score (nSPS) is 19.4. The molecule has 2 amide bonds. The van der Waals surface area contributed by atoms with E-state index >= 15 is 0 Å². The lowest BCUT2D eigenvalue weighted by molar-refractivity contribution is 0.0683. The van der Waals surface area contributed by atoms with Crippen LogP contribution < -0.4 is 5.32 Å². The Bertz CT molecular complexity index is 958. The zero-order chi connectivity index (χ0) is 21.3. The Kier molecular flexibility index (Phi) is 6.11. The van der Waals surface area contributed by atoms with Crippen molar-refractivity contribution in [2.45, 2.75) is 58.3 Å². The molecule has 0 bridgehead atoms. The highest BCUT2D eigenvalue weighted by Crippen LogP contribution is 2.27. The first-order valence-electron chi connectivity index (χ1n) is 10.5. The minimum Gasteiger partial charge on any atom is -0.373 e. The van der Waals surface area contributed by atoms with Crippen molar-refractivity contribution in [2.24, 2.45) is 0 Å². The van der Waals surface area contributed by atoms with Gasteiger partial charge in [-0.15, -0.1) is 0 Å². The summed E-state index contributed by atoms with van der Waals surface area (Å²) in [6.45, 7) is 6.26. The summed E-state index contributed by atoms with van der Waals surface area (Å²) in [5.74, 6) is -0.224. The van der Waals surface area contributed by atoms with Crippen molar-refractivity contribution in [3.63, 3.8) is 0 Å². The molecule has 0 spiro atoms. The Balaban J connectivity index is 1.62. The van der Waals surface area contributed by atoms with Crippen LogP contribution in [0.3, 0.4) is 0 Å². The molecular formula is C22H27ClN4O3. The van der Waals surface area contributed by atoms with Crippen LogP contribution in [0.4, 0.5) is 0 Å². The molecule has 2 atom stereocenters. The van der Waals surface area contributed by atoms with Crippen molar-refractivity contribution in [3.05, 3.63) is 52.1 Å². The van der Waals surface area contributed by atoms with E-state index in [1.807, 2.05) is 22.5 Å². The Hall–Kier alpha value is -2.38. The molecule has 4 rings (SSSR count). The van der Waals surface area contributed by atoms with Crippen molar-refractivity contribution >= 4 is 23.4 Å². The first kappa shape index (κ1) is 20.9. The van der Waals surface area contributed by atoms with E-state index in [4.69, 9.17) is 16.3 Å². The fourth-order valence-electron chi connectivity index (χ4n) is 4.36. The van der Waals surface area contributed by atoms with Crippen LogP contribution in [0, 0.1) is 0 Å².